The van der Waals surface area contributed by atoms with Crippen molar-refractivity contribution in [3.63, 3.8) is 0 Å². The standard InChI is InChI=1S/C11H25NOS/c1-9(2)7-14(13)8-10(12-6)11(3,4)5/h9-10,12H,7-8H2,1-6H3. The Morgan fingerprint density at radius 1 is 1.21 bits per heavy atom. The highest BCUT2D eigenvalue weighted by Gasteiger charge is 2.24. The molecule has 0 aromatic heterocycles. The summed E-state index contributed by atoms with van der Waals surface area (Å²) in [6.45, 7) is 10.8. The highest BCUT2D eigenvalue weighted by atomic mass is 32.2. The van der Waals surface area contributed by atoms with E-state index in [2.05, 4.69) is 39.9 Å². The maximum absolute atomic E-state index is 11.7. The predicted molar refractivity (Wildman–Crippen MR) is 65.0 cm³/mol. The van der Waals surface area contributed by atoms with E-state index in [1.807, 2.05) is 7.05 Å². The zero-order valence-electron chi connectivity index (χ0n) is 10.4. The molecular weight excluding hydrogens is 194 g/mol. The zero-order chi connectivity index (χ0) is 11.4. The summed E-state index contributed by atoms with van der Waals surface area (Å²) in [7, 11) is 1.26. The van der Waals surface area contributed by atoms with Gasteiger partial charge < -0.3 is 5.32 Å². The summed E-state index contributed by atoms with van der Waals surface area (Å²) in [5, 5.41) is 3.25. The van der Waals surface area contributed by atoms with E-state index in [9.17, 15) is 4.21 Å². The Hall–Kier alpha value is 0.110. The summed E-state index contributed by atoms with van der Waals surface area (Å²) < 4.78 is 11.7. The Morgan fingerprint density at radius 3 is 2.00 bits per heavy atom. The quantitative estimate of drug-likeness (QED) is 0.766. The fraction of sp³-hybridized carbons (Fsp3) is 1.00. The van der Waals surface area contributed by atoms with E-state index in [-0.39, 0.29) is 5.41 Å². The SMILES string of the molecule is CNC(CS(=O)CC(C)C)C(C)(C)C. The third kappa shape index (κ3) is 5.76. The maximum Gasteiger partial charge on any atom is 0.0393 e. The number of rotatable bonds is 5. The van der Waals surface area contributed by atoms with Crippen molar-refractivity contribution in [2.75, 3.05) is 18.6 Å². The highest BCUT2D eigenvalue weighted by Crippen LogP contribution is 2.19. The second-order valence-corrected chi connectivity index (χ2v) is 6.92. The van der Waals surface area contributed by atoms with Gasteiger partial charge >= 0.3 is 0 Å². The van der Waals surface area contributed by atoms with E-state index in [4.69, 9.17) is 0 Å². The van der Waals surface area contributed by atoms with Gasteiger partial charge in [0.1, 0.15) is 0 Å². The number of hydrogen-bond acceptors (Lipinski definition) is 2. The number of hydrogen-bond donors (Lipinski definition) is 1. The normalized spacial score (nSPS) is 17.1. The van der Waals surface area contributed by atoms with Crippen LogP contribution in [-0.4, -0.2) is 28.8 Å². The van der Waals surface area contributed by atoms with Gasteiger partial charge in [-0.05, 0) is 18.4 Å². The first-order valence-electron chi connectivity index (χ1n) is 5.29. The lowest BCUT2D eigenvalue weighted by molar-refractivity contribution is 0.304. The van der Waals surface area contributed by atoms with Crippen LogP contribution in [0.25, 0.3) is 0 Å². The summed E-state index contributed by atoms with van der Waals surface area (Å²) >= 11 is 0. The van der Waals surface area contributed by atoms with Crippen LogP contribution in [0.1, 0.15) is 34.6 Å². The van der Waals surface area contributed by atoms with E-state index >= 15 is 0 Å². The predicted octanol–water partition coefficient (Wildman–Crippen LogP) is 2.03. The molecular formula is C11H25NOS. The Labute approximate surface area is 91.3 Å². The third-order valence-corrected chi connectivity index (χ3v) is 4.01. The molecule has 0 bridgehead atoms. The minimum atomic E-state index is -0.689. The smallest absolute Gasteiger partial charge is 0.0393 e. The molecule has 0 rings (SSSR count). The Bertz CT molecular complexity index is 184. The molecule has 0 radical (unpaired) electrons. The van der Waals surface area contributed by atoms with Crippen LogP contribution in [0, 0.1) is 11.3 Å². The lowest BCUT2D eigenvalue weighted by Gasteiger charge is -2.30. The molecule has 0 aliphatic rings. The van der Waals surface area contributed by atoms with Gasteiger partial charge in [-0.2, -0.15) is 0 Å². The summed E-state index contributed by atoms with van der Waals surface area (Å²) in [6, 6.07) is 0.335. The molecule has 2 unspecified atom stereocenters. The molecule has 0 fully saturated rings. The van der Waals surface area contributed by atoms with Crippen molar-refractivity contribution in [2.24, 2.45) is 11.3 Å². The minimum absolute atomic E-state index is 0.182. The molecule has 0 spiro atoms. The minimum Gasteiger partial charge on any atom is -0.316 e. The van der Waals surface area contributed by atoms with E-state index < -0.39 is 10.8 Å². The van der Waals surface area contributed by atoms with E-state index in [0.29, 0.717) is 12.0 Å². The molecule has 2 nitrogen and oxygen atoms in total. The van der Waals surface area contributed by atoms with Crippen molar-refractivity contribution >= 4 is 10.8 Å². The third-order valence-electron chi connectivity index (χ3n) is 2.27. The van der Waals surface area contributed by atoms with Gasteiger partial charge in [0.15, 0.2) is 0 Å². The molecule has 0 aromatic carbocycles. The van der Waals surface area contributed by atoms with Gasteiger partial charge in [0.2, 0.25) is 0 Å². The van der Waals surface area contributed by atoms with Crippen LogP contribution in [0.4, 0.5) is 0 Å². The second-order valence-electron chi connectivity index (χ2n) is 5.37. The van der Waals surface area contributed by atoms with Crippen molar-refractivity contribution in [1.82, 2.24) is 5.32 Å². The Balaban J connectivity index is 4.13. The molecule has 14 heavy (non-hydrogen) atoms. The fourth-order valence-corrected chi connectivity index (χ4v) is 3.31. The van der Waals surface area contributed by atoms with E-state index in [1.165, 1.54) is 0 Å². The Kier molecular flexibility index (Phi) is 5.91. The van der Waals surface area contributed by atoms with Crippen LogP contribution >= 0.6 is 0 Å². The fourth-order valence-electron chi connectivity index (χ4n) is 1.39. The summed E-state index contributed by atoms with van der Waals surface area (Å²) in [5.74, 6) is 2.10. The van der Waals surface area contributed by atoms with Crippen molar-refractivity contribution in [3.8, 4) is 0 Å². The van der Waals surface area contributed by atoms with Crippen LogP contribution in [-0.2, 0) is 10.8 Å². The van der Waals surface area contributed by atoms with Gasteiger partial charge in [0.05, 0.1) is 0 Å². The largest absolute Gasteiger partial charge is 0.316 e. The monoisotopic (exact) mass is 219 g/mol. The lowest BCUT2D eigenvalue weighted by atomic mass is 9.88. The maximum atomic E-state index is 11.7. The molecule has 0 saturated carbocycles. The van der Waals surface area contributed by atoms with Crippen LogP contribution in [0.5, 0.6) is 0 Å². The van der Waals surface area contributed by atoms with E-state index in [0.717, 1.165) is 11.5 Å². The van der Waals surface area contributed by atoms with Gasteiger partial charge in [-0.15, -0.1) is 0 Å². The van der Waals surface area contributed by atoms with Crippen LogP contribution < -0.4 is 5.32 Å². The van der Waals surface area contributed by atoms with Crippen LogP contribution in [0.2, 0.25) is 0 Å². The van der Waals surface area contributed by atoms with Gasteiger partial charge in [0, 0.05) is 28.3 Å². The van der Waals surface area contributed by atoms with Crippen molar-refractivity contribution < 1.29 is 4.21 Å². The molecule has 0 aliphatic heterocycles. The average Bonchev–Trinajstić information content (AvgIpc) is 1.96. The van der Waals surface area contributed by atoms with Gasteiger partial charge in [-0.1, -0.05) is 34.6 Å². The molecule has 0 amide bonds. The molecule has 0 aliphatic carbocycles. The first kappa shape index (κ1) is 14.1. The van der Waals surface area contributed by atoms with E-state index in [1.54, 1.807) is 0 Å². The molecule has 3 heteroatoms. The van der Waals surface area contributed by atoms with Crippen LogP contribution in [0.15, 0.2) is 0 Å². The van der Waals surface area contributed by atoms with Crippen molar-refractivity contribution in [2.45, 2.75) is 40.7 Å². The van der Waals surface area contributed by atoms with Gasteiger partial charge in [-0.3, -0.25) is 4.21 Å². The Morgan fingerprint density at radius 2 is 1.71 bits per heavy atom. The average molecular weight is 219 g/mol. The zero-order valence-corrected chi connectivity index (χ0v) is 11.2. The molecule has 86 valence electrons. The molecule has 0 aromatic rings. The highest BCUT2D eigenvalue weighted by molar-refractivity contribution is 7.85. The lowest BCUT2D eigenvalue weighted by Crippen LogP contribution is -2.42. The van der Waals surface area contributed by atoms with Crippen LogP contribution in [0.3, 0.4) is 0 Å². The van der Waals surface area contributed by atoms with Gasteiger partial charge in [0.25, 0.3) is 0 Å². The second kappa shape index (κ2) is 5.86. The van der Waals surface area contributed by atoms with Crippen molar-refractivity contribution in [3.05, 3.63) is 0 Å². The van der Waals surface area contributed by atoms with Crippen molar-refractivity contribution in [1.29, 1.82) is 0 Å². The first-order valence-corrected chi connectivity index (χ1v) is 6.78. The molecule has 1 N–H and O–H groups in total. The molecule has 2 atom stereocenters. The topological polar surface area (TPSA) is 29.1 Å². The summed E-state index contributed by atoms with van der Waals surface area (Å²) in [4.78, 5) is 0. The summed E-state index contributed by atoms with van der Waals surface area (Å²) in [6.07, 6.45) is 0. The summed E-state index contributed by atoms with van der Waals surface area (Å²) in [5.41, 5.74) is 0.182. The molecule has 0 saturated heterocycles. The molecule has 0 heterocycles. The first-order chi connectivity index (χ1) is 6.27. The van der Waals surface area contributed by atoms with Gasteiger partial charge in [-0.25, -0.2) is 0 Å². The number of nitrogens with one attached hydrogen (secondary N) is 1.